The van der Waals surface area contributed by atoms with Crippen LogP contribution in [0.15, 0.2) is 48.5 Å². The first-order valence-electron chi connectivity index (χ1n) is 12.1. The second-order valence-corrected chi connectivity index (χ2v) is 8.76. The lowest BCUT2D eigenvalue weighted by atomic mass is 9.87. The van der Waals surface area contributed by atoms with Crippen molar-refractivity contribution in [2.45, 2.75) is 64.2 Å². The second-order valence-electron chi connectivity index (χ2n) is 8.76. The summed E-state index contributed by atoms with van der Waals surface area (Å²) in [5.41, 5.74) is 3.37. The van der Waals surface area contributed by atoms with Gasteiger partial charge in [-0.3, -0.25) is 9.59 Å². The monoisotopic (exact) mass is 450 g/mol. The number of nitrogens with zero attached hydrogens (tertiary/aromatic N) is 1. The Morgan fingerprint density at radius 1 is 1.18 bits per heavy atom. The second kappa shape index (κ2) is 10.8. The Morgan fingerprint density at radius 3 is 2.70 bits per heavy atom. The van der Waals surface area contributed by atoms with Crippen LogP contribution in [0.1, 0.15) is 62.3 Å². The molecule has 1 fully saturated rings. The highest BCUT2D eigenvalue weighted by molar-refractivity contribution is 5.81. The normalized spacial score (nSPS) is 20.7. The van der Waals surface area contributed by atoms with Crippen LogP contribution in [0, 0.1) is 0 Å². The fourth-order valence-electron chi connectivity index (χ4n) is 4.75. The van der Waals surface area contributed by atoms with E-state index < -0.39 is 6.10 Å². The van der Waals surface area contributed by atoms with Crippen LogP contribution in [-0.2, 0) is 20.7 Å². The molecule has 3 atom stereocenters. The van der Waals surface area contributed by atoms with Crippen LogP contribution in [0.25, 0.3) is 0 Å². The third kappa shape index (κ3) is 5.38. The van der Waals surface area contributed by atoms with Gasteiger partial charge in [0.05, 0.1) is 12.1 Å². The molecule has 2 aliphatic heterocycles. The van der Waals surface area contributed by atoms with Gasteiger partial charge < -0.3 is 19.7 Å². The molecule has 3 unspecified atom stereocenters. The van der Waals surface area contributed by atoms with E-state index in [2.05, 4.69) is 23.5 Å². The third-order valence-electron chi connectivity index (χ3n) is 6.55. The van der Waals surface area contributed by atoms with Gasteiger partial charge in [0.2, 0.25) is 5.91 Å². The molecule has 2 heterocycles. The molecule has 33 heavy (non-hydrogen) atoms. The Morgan fingerprint density at radius 2 is 2.00 bits per heavy atom. The Hall–Kier alpha value is -2.86. The highest BCUT2D eigenvalue weighted by Crippen LogP contribution is 2.37. The number of carbonyl (C=O) groups is 2. The van der Waals surface area contributed by atoms with Crippen LogP contribution < -0.4 is 10.1 Å². The summed E-state index contributed by atoms with van der Waals surface area (Å²) in [5, 5.41) is 2.98. The van der Waals surface area contributed by atoms with Crippen molar-refractivity contribution in [2.24, 2.45) is 0 Å². The van der Waals surface area contributed by atoms with Gasteiger partial charge in [-0.1, -0.05) is 50.2 Å². The minimum Gasteiger partial charge on any atom is -0.481 e. The molecule has 0 saturated carbocycles. The quantitative estimate of drug-likeness (QED) is 0.660. The molecular weight excluding hydrogens is 416 g/mol. The van der Waals surface area contributed by atoms with E-state index >= 15 is 0 Å². The van der Waals surface area contributed by atoms with Crippen molar-refractivity contribution in [3.63, 3.8) is 0 Å². The predicted octanol–water partition coefficient (Wildman–Crippen LogP) is 4.02. The summed E-state index contributed by atoms with van der Waals surface area (Å²) in [6.45, 7) is 5.84. The summed E-state index contributed by atoms with van der Waals surface area (Å²) in [7, 11) is 0. The van der Waals surface area contributed by atoms with Crippen molar-refractivity contribution in [3.8, 4) is 5.75 Å². The van der Waals surface area contributed by atoms with Crippen molar-refractivity contribution >= 4 is 11.8 Å². The lowest BCUT2D eigenvalue weighted by Crippen LogP contribution is -2.41. The van der Waals surface area contributed by atoms with Crippen molar-refractivity contribution in [3.05, 3.63) is 65.2 Å². The van der Waals surface area contributed by atoms with Gasteiger partial charge >= 0.3 is 0 Å². The molecule has 6 heteroatoms. The lowest BCUT2D eigenvalue weighted by Gasteiger charge is -2.38. The largest absolute Gasteiger partial charge is 0.481 e. The third-order valence-corrected chi connectivity index (χ3v) is 6.55. The Kier molecular flexibility index (Phi) is 7.65. The summed E-state index contributed by atoms with van der Waals surface area (Å²) in [6.07, 6.45) is 3.40. The lowest BCUT2D eigenvalue weighted by molar-refractivity contribution is -0.133. The first-order chi connectivity index (χ1) is 16.1. The Bertz CT molecular complexity index is 956. The van der Waals surface area contributed by atoms with E-state index in [1.807, 2.05) is 49.1 Å². The minimum absolute atomic E-state index is 0.101. The number of hydrogen-bond acceptors (Lipinski definition) is 4. The first-order valence-corrected chi connectivity index (χ1v) is 12.1. The summed E-state index contributed by atoms with van der Waals surface area (Å²) in [6, 6.07) is 16.0. The smallest absolute Gasteiger partial charge is 0.261 e. The van der Waals surface area contributed by atoms with Crippen LogP contribution in [0.3, 0.4) is 0 Å². The number of nitrogens with one attached hydrogen (secondary N) is 1. The van der Waals surface area contributed by atoms with Gasteiger partial charge in [0.1, 0.15) is 5.75 Å². The van der Waals surface area contributed by atoms with Crippen LogP contribution >= 0.6 is 0 Å². The molecule has 0 aromatic heterocycles. The molecule has 1 saturated heterocycles. The van der Waals surface area contributed by atoms with E-state index in [0.29, 0.717) is 31.7 Å². The molecule has 0 aliphatic carbocycles. The predicted molar refractivity (Wildman–Crippen MR) is 127 cm³/mol. The number of hydrogen-bond donors (Lipinski definition) is 1. The van der Waals surface area contributed by atoms with Crippen LogP contribution in [0.4, 0.5) is 0 Å². The fraction of sp³-hybridized carbons (Fsp3) is 0.481. The first kappa shape index (κ1) is 23.3. The molecule has 2 amide bonds. The summed E-state index contributed by atoms with van der Waals surface area (Å²) in [4.78, 5) is 27.5. The maximum absolute atomic E-state index is 12.8. The molecule has 2 aromatic carbocycles. The van der Waals surface area contributed by atoms with E-state index in [1.165, 1.54) is 5.56 Å². The molecule has 0 spiro atoms. The van der Waals surface area contributed by atoms with E-state index in [1.54, 1.807) is 0 Å². The fourth-order valence-corrected chi connectivity index (χ4v) is 4.75. The number of rotatable bonds is 8. The van der Waals surface area contributed by atoms with Crippen molar-refractivity contribution < 1.29 is 19.1 Å². The zero-order chi connectivity index (χ0) is 23.2. The number of ether oxygens (including phenoxy) is 2. The average Bonchev–Trinajstić information content (AvgIpc) is 3.38. The van der Waals surface area contributed by atoms with Crippen molar-refractivity contribution in [1.82, 2.24) is 10.2 Å². The molecular formula is C27H34N2O4. The van der Waals surface area contributed by atoms with E-state index in [9.17, 15) is 9.59 Å². The number of carbonyl (C=O) groups excluding carboxylic acids is 2. The molecule has 176 valence electrons. The zero-order valence-electron chi connectivity index (χ0n) is 19.6. The summed E-state index contributed by atoms with van der Waals surface area (Å²) < 4.78 is 11.8. The molecule has 4 rings (SSSR count). The maximum Gasteiger partial charge on any atom is 0.261 e. The van der Waals surface area contributed by atoms with E-state index in [0.717, 1.165) is 37.0 Å². The van der Waals surface area contributed by atoms with Gasteiger partial charge in [0.25, 0.3) is 5.91 Å². The minimum atomic E-state index is -0.573. The van der Waals surface area contributed by atoms with Gasteiger partial charge in [-0.15, -0.1) is 0 Å². The highest BCUT2D eigenvalue weighted by atomic mass is 16.5. The Labute approximate surface area is 196 Å². The van der Waals surface area contributed by atoms with E-state index in [-0.39, 0.29) is 24.0 Å². The standard InChI is InChI=1S/C27H34N2O4/c1-3-24(27(31)28-18-22-11-8-16-32-22)33-21-13-12-19-14-15-29(25(30)4-2)26(23(19)17-21)20-9-6-5-7-10-20/h5-7,9-10,12-13,17,22,24,26H,3-4,8,11,14-16,18H2,1-2H3,(H,28,31). The number of benzene rings is 2. The molecule has 2 aromatic rings. The maximum atomic E-state index is 12.8. The number of fused-ring (bicyclic) bond motifs is 1. The zero-order valence-corrected chi connectivity index (χ0v) is 19.6. The topological polar surface area (TPSA) is 67.9 Å². The van der Waals surface area contributed by atoms with Gasteiger partial charge in [-0.2, -0.15) is 0 Å². The summed E-state index contributed by atoms with van der Waals surface area (Å²) in [5.74, 6) is 0.675. The van der Waals surface area contributed by atoms with Crippen molar-refractivity contribution in [1.29, 1.82) is 0 Å². The van der Waals surface area contributed by atoms with Gasteiger partial charge in [-0.05, 0) is 54.5 Å². The van der Waals surface area contributed by atoms with Gasteiger partial charge in [-0.25, -0.2) is 0 Å². The van der Waals surface area contributed by atoms with Gasteiger partial charge in [0, 0.05) is 26.1 Å². The van der Waals surface area contributed by atoms with Crippen LogP contribution in [-0.4, -0.2) is 48.6 Å². The molecule has 6 nitrogen and oxygen atoms in total. The van der Waals surface area contributed by atoms with Gasteiger partial charge in [0.15, 0.2) is 6.10 Å². The molecule has 2 aliphatic rings. The number of amides is 2. The van der Waals surface area contributed by atoms with Crippen LogP contribution in [0.5, 0.6) is 5.75 Å². The molecule has 0 bridgehead atoms. The SMILES string of the molecule is CCC(=O)N1CCc2ccc(OC(CC)C(=O)NCC3CCCO3)cc2C1c1ccccc1. The summed E-state index contributed by atoms with van der Waals surface area (Å²) >= 11 is 0. The molecule has 0 radical (unpaired) electrons. The average molecular weight is 451 g/mol. The van der Waals surface area contributed by atoms with Crippen LogP contribution in [0.2, 0.25) is 0 Å². The van der Waals surface area contributed by atoms with E-state index in [4.69, 9.17) is 9.47 Å². The van der Waals surface area contributed by atoms with Crippen molar-refractivity contribution in [2.75, 3.05) is 19.7 Å². The highest BCUT2D eigenvalue weighted by Gasteiger charge is 2.32. The molecule has 1 N–H and O–H groups in total. The Balaban J connectivity index is 1.55.